The van der Waals surface area contributed by atoms with Crippen molar-refractivity contribution >= 4 is 5.91 Å². The fraction of sp³-hybridized carbons (Fsp3) is 0.944. The van der Waals surface area contributed by atoms with Crippen LogP contribution in [0.4, 0.5) is 0 Å². The van der Waals surface area contributed by atoms with Crippen molar-refractivity contribution in [2.75, 3.05) is 19.6 Å². The van der Waals surface area contributed by atoms with Crippen molar-refractivity contribution in [1.82, 2.24) is 10.2 Å². The number of likely N-dealkylation sites (tertiary alicyclic amines) is 1. The lowest BCUT2D eigenvalue weighted by atomic mass is 9.81. The Morgan fingerprint density at radius 2 is 1.90 bits per heavy atom. The summed E-state index contributed by atoms with van der Waals surface area (Å²) in [7, 11) is 0. The minimum absolute atomic E-state index is 0.195. The molecule has 2 unspecified atom stereocenters. The Hall–Kier alpha value is -0.570. The summed E-state index contributed by atoms with van der Waals surface area (Å²) in [5.74, 6) is 2.52. The van der Waals surface area contributed by atoms with E-state index in [-0.39, 0.29) is 11.3 Å². The molecule has 1 saturated heterocycles. The molecule has 2 fully saturated rings. The summed E-state index contributed by atoms with van der Waals surface area (Å²) < 4.78 is 0. The first-order chi connectivity index (χ1) is 9.75. The predicted molar refractivity (Wildman–Crippen MR) is 88.1 cm³/mol. The SMILES string of the molecule is CC(C)C1CC(NC(=O)C(C)(C)C)CN(CC2CCC2)C1. The Balaban J connectivity index is 1.93. The van der Waals surface area contributed by atoms with Gasteiger partial charge in [-0.2, -0.15) is 0 Å². The highest BCUT2D eigenvalue weighted by molar-refractivity contribution is 5.81. The van der Waals surface area contributed by atoms with E-state index in [1.54, 1.807) is 0 Å². The summed E-state index contributed by atoms with van der Waals surface area (Å²) in [5.41, 5.74) is -0.288. The van der Waals surface area contributed by atoms with Crippen molar-refractivity contribution in [2.24, 2.45) is 23.2 Å². The molecule has 2 rings (SSSR count). The third kappa shape index (κ3) is 4.70. The molecule has 0 radical (unpaired) electrons. The fourth-order valence-electron chi connectivity index (χ4n) is 3.41. The number of carbonyl (C=O) groups is 1. The lowest BCUT2D eigenvalue weighted by molar-refractivity contribution is -0.129. The van der Waals surface area contributed by atoms with Crippen LogP contribution in [-0.2, 0) is 4.79 Å². The maximum Gasteiger partial charge on any atom is 0.225 e. The van der Waals surface area contributed by atoms with E-state index in [1.807, 2.05) is 20.8 Å². The molecule has 3 heteroatoms. The van der Waals surface area contributed by atoms with Crippen LogP contribution in [0.3, 0.4) is 0 Å². The molecular formula is C18H34N2O. The van der Waals surface area contributed by atoms with Gasteiger partial charge in [0.1, 0.15) is 0 Å². The highest BCUT2D eigenvalue weighted by Crippen LogP contribution is 2.30. The highest BCUT2D eigenvalue weighted by atomic mass is 16.2. The zero-order valence-corrected chi connectivity index (χ0v) is 14.6. The van der Waals surface area contributed by atoms with Gasteiger partial charge in [0.2, 0.25) is 5.91 Å². The Labute approximate surface area is 130 Å². The normalized spacial score (nSPS) is 28.5. The molecule has 2 aliphatic rings. The van der Waals surface area contributed by atoms with Crippen molar-refractivity contribution in [2.45, 2.75) is 66.3 Å². The monoisotopic (exact) mass is 294 g/mol. The van der Waals surface area contributed by atoms with Crippen LogP contribution < -0.4 is 5.32 Å². The molecule has 1 N–H and O–H groups in total. The van der Waals surface area contributed by atoms with Crippen LogP contribution in [0.1, 0.15) is 60.3 Å². The molecule has 1 saturated carbocycles. The molecule has 2 atom stereocenters. The van der Waals surface area contributed by atoms with Crippen LogP contribution >= 0.6 is 0 Å². The molecular weight excluding hydrogens is 260 g/mol. The first kappa shape index (κ1) is 16.8. The molecule has 0 spiro atoms. The topological polar surface area (TPSA) is 32.3 Å². The summed E-state index contributed by atoms with van der Waals surface area (Å²) in [6, 6.07) is 0.331. The van der Waals surface area contributed by atoms with Gasteiger partial charge >= 0.3 is 0 Å². The van der Waals surface area contributed by atoms with Gasteiger partial charge in [-0.1, -0.05) is 41.0 Å². The van der Waals surface area contributed by atoms with E-state index in [0.717, 1.165) is 18.9 Å². The Morgan fingerprint density at radius 1 is 1.24 bits per heavy atom. The molecule has 1 heterocycles. The molecule has 1 aliphatic heterocycles. The average molecular weight is 294 g/mol. The summed E-state index contributed by atoms with van der Waals surface area (Å²) in [4.78, 5) is 14.9. The Kier molecular flexibility index (Phi) is 5.34. The highest BCUT2D eigenvalue weighted by Gasteiger charge is 2.33. The second-order valence-corrected chi connectivity index (χ2v) is 8.68. The number of rotatable bonds is 4. The fourth-order valence-corrected chi connectivity index (χ4v) is 3.41. The standard InChI is InChI=1S/C18H34N2O/c1-13(2)15-9-16(19-17(21)18(3,4)5)12-20(11-15)10-14-7-6-8-14/h13-16H,6-12H2,1-5H3,(H,19,21). The lowest BCUT2D eigenvalue weighted by Crippen LogP contribution is -2.54. The van der Waals surface area contributed by atoms with Gasteiger partial charge in [-0.25, -0.2) is 0 Å². The molecule has 0 aromatic carbocycles. The van der Waals surface area contributed by atoms with Gasteiger partial charge in [-0.15, -0.1) is 0 Å². The first-order valence-electron chi connectivity index (χ1n) is 8.79. The molecule has 0 aromatic rings. The van der Waals surface area contributed by atoms with E-state index in [4.69, 9.17) is 0 Å². The van der Waals surface area contributed by atoms with Crippen molar-refractivity contribution in [3.8, 4) is 0 Å². The van der Waals surface area contributed by atoms with Crippen LogP contribution in [0.2, 0.25) is 0 Å². The van der Waals surface area contributed by atoms with Crippen LogP contribution in [-0.4, -0.2) is 36.5 Å². The minimum Gasteiger partial charge on any atom is -0.352 e. The van der Waals surface area contributed by atoms with Crippen LogP contribution in [0.25, 0.3) is 0 Å². The van der Waals surface area contributed by atoms with Gasteiger partial charge in [0.05, 0.1) is 0 Å². The van der Waals surface area contributed by atoms with E-state index >= 15 is 0 Å². The molecule has 0 bridgehead atoms. The predicted octanol–water partition coefficient (Wildman–Crippen LogP) is 3.30. The van der Waals surface area contributed by atoms with Crippen molar-refractivity contribution < 1.29 is 4.79 Å². The minimum atomic E-state index is -0.288. The van der Waals surface area contributed by atoms with E-state index in [9.17, 15) is 4.79 Å². The molecule has 1 amide bonds. The second-order valence-electron chi connectivity index (χ2n) is 8.68. The summed E-state index contributed by atoms with van der Waals surface area (Å²) in [6.45, 7) is 14.1. The number of nitrogens with one attached hydrogen (secondary N) is 1. The quantitative estimate of drug-likeness (QED) is 0.863. The second kappa shape index (κ2) is 6.68. The lowest BCUT2D eigenvalue weighted by Gasteiger charge is -2.43. The molecule has 122 valence electrons. The van der Waals surface area contributed by atoms with Gasteiger partial charge < -0.3 is 10.2 Å². The largest absolute Gasteiger partial charge is 0.352 e. The number of hydrogen-bond acceptors (Lipinski definition) is 2. The van der Waals surface area contributed by atoms with Crippen molar-refractivity contribution in [1.29, 1.82) is 0 Å². The maximum atomic E-state index is 12.3. The molecule has 1 aliphatic carbocycles. The third-order valence-corrected chi connectivity index (χ3v) is 5.26. The number of piperidine rings is 1. The van der Waals surface area contributed by atoms with Gasteiger partial charge in [-0.05, 0) is 37.0 Å². The Morgan fingerprint density at radius 3 is 2.38 bits per heavy atom. The average Bonchev–Trinajstić information content (AvgIpc) is 2.32. The zero-order valence-electron chi connectivity index (χ0n) is 14.6. The van der Waals surface area contributed by atoms with Crippen molar-refractivity contribution in [3.63, 3.8) is 0 Å². The summed E-state index contributed by atoms with van der Waals surface area (Å²) in [6.07, 6.45) is 5.36. The number of carbonyl (C=O) groups excluding carboxylic acids is 1. The third-order valence-electron chi connectivity index (χ3n) is 5.26. The maximum absolute atomic E-state index is 12.3. The van der Waals surface area contributed by atoms with Crippen molar-refractivity contribution in [3.05, 3.63) is 0 Å². The molecule has 3 nitrogen and oxygen atoms in total. The summed E-state index contributed by atoms with van der Waals surface area (Å²) in [5, 5.41) is 3.30. The van der Waals surface area contributed by atoms with E-state index in [2.05, 4.69) is 24.1 Å². The number of hydrogen-bond donors (Lipinski definition) is 1. The summed E-state index contributed by atoms with van der Waals surface area (Å²) >= 11 is 0. The number of amides is 1. The van der Waals surface area contributed by atoms with E-state index in [0.29, 0.717) is 17.9 Å². The van der Waals surface area contributed by atoms with E-state index in [1.165, 1.54) is 32.4 Å². The number of nitrogens with zero attached hydrogens (tertiary/aromatic N) is 1. The van der Waals surface area contributed by atoms with Crippen LogP contribution in [0.15, 0.2) is 0 Å². The van der Waals surface area contributed by atoms with Gasteiger partial charge in [0.25, 0.3) is 0 Å². The molecule has 0 aromatic heterocycles. The van der Waals surface area contributed by atoms with Gasteiger partial charge in [0.15, 0.2) is 0 Å². The Bertz CT molecular complexity index is 355. The van der Waals surface area contributed by atoms with Gasteiger partial charge in [-0.3, -0.25) is 4.79 Å². The molecule has 21 heavy (non-hydrogen) atoms. The van der Waals surface area contributed by atoms with E-state index < -0.39 is 0 Å². The smallest absolute Gasteiger partial charge is 0.225 e. The van der Waals surface area contributed by atoms with Gasteiger partial charge in [0, 0.05) is 31.1 Å². The van der Waals surface area contributed by atoms with Crippen LogP contribution in [0, 0.1) is 23.2 Å². The zero-order chi connectivity index (χ0) is 15.6. The first-order valence-corrected chi connectivity index (χ1v) is 8.79. The van der Waals surface area contributed by atoms with Crippen LogP contribution in [0.5, 0.6) is 0 Å².